The first kappa shape index (κ1) is 20.9. The molecule has 1 aliphatic heterocycles. The van der Waals surface area contributed by atoms with Gasteiger partial charge < -0.3 is 15.5 Å². The number of amides is 1. The molecule has 0 spiro atoms. The Bertz CT molecular complexity index is 1520. The maximum atomic E-state index is 12.7. The molecule has 5 heterocycles. The highest BCUT2D eigenvalue weighted by atomic mass is 35.5. The maximum Gasteiger partial charge on any atom is 0.264 e. The van der Waals surface area contributed by atoms with E-state index in [9.17, 15) is 4.79 Å². The van der Waals surface area contributed by atoms with Gasteiger partial charge in [-0.3, -0.25) is 9.78 Å². The summed E-state index contributed by atoms with van der Waals surface area (Å²) in [5, 5.41) is 7.74. The highest BCUT2D eigenvalue weighted by molar-refractivity contribution is 7.12. The van der Waals surface area contributed by atoms with Crippen molar-refractivity contribution in [3.63, 3.8) is 0 Å². The average Bonchev–Trinajstić information content (AvgIpc) is 3.56. The fourth-order valence-corrected chi connectivity index (χ4v) is 5.22. The normalized spacial score (nSPS) is 14.3. The summed E-state index contributed by atoms with van der Waals surface area (Å²) in [4.78, 5) is 26.8. The molecule has 10 heteroatoms. The Morgan fingerprint density at radius 1 is 1.06 bits per heavy atom. The summed E-state index contributed by atoms with van der Waals surface area (Å²) in [5.41, 5.74) is 9.64. The lowest BCUT2D eigenvalue weighted by atomic mass is 10.1. The zero-order chi connectivity index (χ0) is 23.2. The molecule has 1 amide bonds. The lowest BCUT2D eigenvalue weighted by Gasteiger charge is -2.35. The molecule has 1 aromatic carbocycles. The van der Waals surface area contributed by atoms with E-state index in [4.69, 9.17) is 22.3 Å². The van der Waals surface area contributed by atoms with E-state index in [0.717, 1.165) is 26.9 Å². The number of halogens is 1. The molecule has 0 radical (unpaired) electrons. The topological polar surface area (TPSA) is 92.6 Å². The molecular formula is C24H20ClN7OS. The monoisotopic (exact) mass is 489 g/mol. The van der Waals surface area contributed by atoms with Crippen LogP contribution in [0.5, 0.6) is 0 Å². The first-order chi connectivity index (χ1) is 16.6. The van der Waals surface area contributed by atoms with Crippen LogP contribution in [0.3, 0.4) is 0 Å². The van der Waals surface area contributed by atoms with Gasteiger partial charge in [0, 0.05) is 48.9 Å². The van der Waals surface area contributed by atoms with E-state index >= 15 is 0 Å². The van der Waals surface area contributed by atoms with Crippen molar-refractivity contribution in [3.8, 4) is 11.1 Å². The van der Waals surface area contributed by atoms with Crippen LogP contribution in [0.1, 0.15) is 9.67 Å². The van der Waals surface area contributed by atoms with E-state index in [0.29, 0.717) is 48.5 Å². The van der Waals surface area contributed by atoms with Gasteiger partial charge in [0.2, 0.25) is 0 Å². The predicted molar refractivity (Wildman–Crippen MR) is 136 cm³/mol. The van der Waals surface area contributed by atoms with Crippen LogP contribution in [0.25, 0.3) is 27.7 Å². The minimum absolute atomic E-state index is 0.0607. The number of fused-ring (bicyclic) bond motifs is 2. The first-order valence-corrected chi connectivity index (χ1v) is 12.1. The second-order valence-corrected chi connectivity index (χ2v) is 9.43. The number of aromatic nitrogens is 4. The molecule has 0 aliphatic carbocycles. The zero-order valence-electron chi connectivity index (χ0n) is 18.1. The number of anilines is 2. The van der Waals surface area contributed by atoms with Crippen molar-refractivity contribution in [1.82, 2.24) is 24.5 Å². The molecule has 0 bridgehead atoms. The Balaban J connectivity index is 1.34. The smallest absolute Gasteiger partial charge is 0.264 e. The number of para-hydroxylation sites is 1. The first-order valence-electron chi connectivity index (χ1n) is 10.9. The number of hydrogen-bond acceptors (Lipinski definition) is 7. The molecule has 6 rings (SSSR count). The molecule has 0 unspecified atom stereocenters. The van der Waals surface area contributed by atoms with Gasteiger partial charge in [-0.05, 0) is 23.6 Å². The van der Waals surface area contributed by atoms with E-state index in [1.54, 1.807) is 10.7 Å². The van der Waals surface area contributed by atoms with Crippen molar-refractivity contribution in [3.05, 3.63) is 70.1 Å². The molecule has 1 aliphatic rings. The Hall–Kier alpha value is -3.69. The second-order valence-electron chi connectivity index (χ2n) is 8.10. The van der Waals surface area contributed by atoms with Crippen molar-refractivity contribution >= 4 is 57.0 Å². The fourth-order valence-electron chi connectivity index (χ4n) is 4.29. The molecule has 34 heavy (non-hydrogen) atoms. The summed E-state index contributed by atoms with van der Waals surface area (Å²) < 4.78 is 1.56. The van der Waals surface area contributed by atoms with Gasteiger partial charge in [0.1, 0.15) is 10.8 Å². The summed E-state index contributed by atoms with van der Waals surface area (Å²) in [6.45, 7) is 2.39. The summed E-state index contributed by atoms with van der Waals surface area (Å²) >= 11 is 8.10. The number of hydrogen-bond donors (Lipinski definition) is 1. The maximum absolute atomic E-state index is 12.7. The number of carbonyl (C=O) groups excluding carboxylic acids is 1. The number of pyridine rings is 1. The van der Waals surface area contributed by atoms with Crippen molar-refractivity contribution in [2.75, 3.05) is 36.8 Å². The summed E-state index contributed by atoms with van der Waals surface area (Å²) in [6.07, 6.45) is 3.56. The van der Waals surface area contributed by atoms with E-state index in [1.165, 1.54) is 11.3 Å². The standard InChI is InChI=1S/C24H20ClN7OS/c25-20-21(26)32-22(17(14-28-32)16-12-15-4-1-2-5-18(15)27-13-16)29-23(20)30-7-9-31(10-8-30)24(33)19-6-3-11-34-19/h1-6,11-14H,7-10,26H2. The third kappa shape index (κ3) is 3.44. The second kappa shape index (κ2) is 8.27. The van der Waals surface area contributed by atoms with E-state index < -0.39 is 0 Å². The minimum atomic E-state index is 0.0607. The van der Waals surface area contributed by atoms with Gasteiger partial charge in [-0.1, -0.05) is 35.9 Å². The van der Waals surface area contributed by atoms with Crippen LogP contribution in [0, 0.1) is 0 Å². The Morgan fingerprint density at radius 3 is 2.68 bits per heavy atom. The largest absolute Gasteiger partial charge is 0.382 e. The molecule has 1 saturated heterocycles. The number of thiophene rings is 1. The molecule has 170 valence electrons. The fraction of sp³-hybridized carbons (Fsp3) is 0.167. The van der Waals surface area contributed by atoms with Crippen molar-refractivity contribution in [2.24, 2.45) is 0 Å². The van der Waals surface area contributed by atoms with Gasteiger partial charge in [-0.15, -0.1) is 11.3 Å². The van der Waals surface area contributed by atoms with Crippen LogP contribution in [0.4, 0.5) is 11.6 Å². The van der Waals surface area contributed by atoms with Gasteiger partial charge >= 0.3 is 0 Å². The van der Waals surface area contributed by atoms with Crippen molar-refractivity contribution < 1.29 is 4.79 Å². The number of benzene rings is 1. The van der Waals surface area contributed by atoms with Gasteiger partial charge in [0.25, 0.3) is 5.91 Å². The SMILES string of the molecule is Nc1c(Cl)c(N2CCN(C(=O)c3cccs3)CC2)nc2c(-c3cnc4ccccc4c3)cnn12. The van der Waals surface area contributed by atoms with E-state index in [1.807, 2.05) is 52.9 Å². The third-order valence-corrected chi connectivity index (χ3v) is 7.33. The number of nitrogens with two attached hydrogens (primary N) is 1. The van der Waals surface area contributed by atoms with Crippen molar-refractivity contribution in [2.45, 2.75) is 0 Å². The van der Waals surface area contributed by atoms with Gasteiger partial charge in [0.15, 0.2) is 11.5 Å². The highest BCUT2D eigenvalue weighted by Gasteiger charge is 2.26. The molecule has 8 nitrogen and oxygen atoms in total. The molecule has 5 aromatic rings. The van der Waals surface area contributed by atoms with Crippen LogP contribution in [-0.4, -0.2) is 56.6 Å². The number of nitrogens with zero attached hydrogens (tertiary/aromatic N) is 6. The van der Waals surface area contributed by atoms with Gasteiger partial charge in [0.05, 0.1) is 16.6 Å². The number of rotatable bonds is 3. The Kier molecular flexibility index (Phi) is 5.08. The predicted octanol–water partition coefficient (Wildman–Crippen LogP) is 4.20. The molecule has 0 saturated carbocycles. The molecule has 0 atom stereocenters. The summed E-state index contributed by atoms with van der Waals surface area (Å²) in [5.74, 6) is 0.995. The van der Waals surface area contributed by atoms with Crippen molar-refractivity contribution in [1.29, 1.82) is 0 Å². The quantitative estimate of drug-likeness (QED) is 0.408. The third-order valence-electron chi connectivity index (χ3n) is 6.10. The highest BCUT2D eigenvalue weighted by Crippen LogP contribution is 2.34. The van der Waals surface area contributed by atoms with E-state index in [-0.39, 0.29) is 5.91 Å². The number of nitrogen functional groups attached to an aromatic ring is 1. The number of carbonyl (C=O) groups is 1. The minimum Gasteiger partial charge on any atom is -0.382 e. The van der Waals surface area contributed by atoms with Crippen LogP contribution < -0.4 is 10.6 Å². The zero-order valence-corrected chi connectivity index (χ0v) is 19.6. The Morgan fingerprint density at radius 2 is 1.88 bits per heavy atom. The van der Waals surface area contributed by atoms with Crippen LogP contribution in [0.15, 0.2) is 60.2 Å². The summed E-state index contributed by atoms with van der Waals surface area (Å²) in [6, 6.07) is 13.8. The van der Waals surface area contributed by atoms with E-state index in [2.05, 4.69) is 21.0 Å². The lowest BCUT2D eigenvalue weighted by molar-refractivity contribution is 0.0751. The molecule has 2 N–H and O–H groups in total. The van der Waals surface area contributed by atoms with Crippen LogP contribution in [0.2, 0.25) is 5.02 Å². The number of piperazine rings is 1. The molecule has 4 aromatic heterocycles. The summed E-state index contributed by atoms with van der Waals surface area (Å²) in [7, 11) is 0. The molecular weight excluding hydrogens is 470 g/mol. The molecule has 1 fully saturated rings. The lowest BCUT2D eigenvalue weighted by Crippen LogP contribution is -2.49. The van der Waals surface area contributed by atoms with Crippen LogP contribution >= 0.6 is 22.9 Å². The Labute approximate surface area is 204 Å². The van der Waals surface area contributed by atoms with Gasteiger partial charge in [-0.25, -0.2) is 4.98 Å². The van der Waals surface area contributed by atoms with Gasteiger partial charge in [-0.2, -0.15) is 9.61 Å². The van der Waals surface area contributed by atoms with Crippen LogP contribution in [-0.2, 0) is 0 Å². The average molecular weight is 490 g/mol.